The van der Waals surface area contributed by atoms with E-state index in [4.69, 9.17) is 23.7 Å². The number of phenolic OH excluding ortho intramolecular Hbond substituents is 4. The lowest BCUT2D eigenvalue weighted by molar-refractivity contribution is -0.250. The highest BCUT2D eigenvalue weighted by atomic mass is 16.7. The van der Waals surface area contributed by atoms with Crippen LogP contribution < -0.4 is 15.4 Å². The Labute approximate surface area is 480 Å². The molecular formula is C62H64N2O20. The van der Waals surface area contributed by atoms with E-state index in [1.807, 2.05) is 24.3 Å². The number of hydrogen-bond acceptors (Lipinski definition) is 22. The van der Waals surface area contributed by atoms with E-state index in [9.17, 15) is 74.7 Å². The van der Waals surface area contributed by atoms with Gasteiger partial charge in [-0.25, -0.2) is 0 Å². The van der Waals surface area contributed by atoms with Gasteiger partial charge in [-0.05, 0) is 50.5 Å². The number of aromatic hydroxyl groups is 4. The number of aliphatic hydroxyl groups excluding tert-OH is 3. The Hall–Kier alpha value is -7.32. The van der Waals surface area contributed by atoms with Crippen LogP contribution in [0.25, 0.3) is 0 Å². The monoisotopic (exact) mass is 1160 g/mol. The molecule has 84 heavy (non-hydrogen) atoms. The van der Waals surface area contributed by atoms with Crippen LogP contribution in [-0.4, -0.2) is 148 Å². The van der Waals surface area contributed by atoms with Crippen LogP contribution in [0.15, 0.2) is 60.7 Å². The summed E-state index contributed by atoms with van der Waals surface area (Å²) in [5, 5.41) is 111. The van der Waals surface area contributed by atoms with E-state index in [0.717, 1.165) is 25.0 Å². The molecule has 11 N–H and O–H groups in total. The number of Topliss-reactive ketones (excluding diaryl/α,β-unsaturated/α-hetero) is 2. The molecule has 0 radical (unpaired) electrons. The van der Waals surface area contributed by atoms with Gasteiger partial charge in [0.1, 0.15) is 39.9 Å². The van der Waals surface area contributed by atoms with E-state index in [1.165, 1.54) is 43.5 Å². The van der Waals surface area contributed by atoms with Crippen LogP contribution in [0, 0.1) is 0 Å². The molecule has 6 aliphatic rings. The largest absolute Gasteiger partial charge is 0.507 e. The van der Waals surface area contributed by atoms with Crippen LogP contribution in [0.1, 0.15) is 168 Å². The first-order valence-electron chi connectivity index (χ1n) is 27.7. The minimum absolute atomic E-state index is 0.00107. The number of nitrogens with one attached hydrogen (secondary N) is 2. The van der Waals surface area contributed by atoms with Gasteiger partial charge in [0.25, 0.3) is 0 Å². The molecule has 0 aromatic heterocycles. The molecule has 5 aromatic rings. The maximum atomic E-state index is 14.1. The van der Waals surface area contributed by atoms with Gasteiger partial charge in [-0.15, -0.1) is 0 Å². The van der Waals surface area contributed by atoms with Crippen LogP contribution in [0.2, 0.25) is 0 Å². The highest BCUT2D eigenvalue weighted by molar-refractivity contribution is 6.32. The Balaban J connectivity index is 0.783. The number of fused-ring (bicyclic) bond motifs is 6. The van der Waals surface area contributed by atoms with Gasteiger partial charge in [-0.1, -0.05) is 54.6 Å². The molecule has 2 saturated heterocycles. The predicted octanol–water partition coefficient (Wildman–Crippen LogP) is 3.52. The molecule has 442 valence electrons. The number of rotatable bonds is 14. The van der Waals surface area contributed by atoms with Crippen molar-refractivity contribution in [3.8, 4) is 28.7 Å². The number of ketones is 6. The fourth-order valence-electron chi connectivity index (χ4n) is 13.1. The number of ether oxygens (including phenoxy) is 5. The van der Waals surface area contributed by atoms with Crippen LogP contribution in [-0.2, 0) is 61.1 Å². The first-order chi connectivity index (χ1) is 39.9. The molecule has 12 atom stereocenters. The number of aliphatic hydroxyl groups is 5. The molecule has 4 aliphatic carbocycles. The molecule has 2 aliphatic heterocycles. The summed E-state index contributed by atoms with van der Waals surface area (Å²) in [5.41, 5.74) is -5.56. The van der Waals surface area contributed by atoms with Crippen molar-refractivity contribution in [2.45, 2.75) is 158 Å². The summed E-state index contributed by atoms with van der Waals surface area (Å²) >= 11 is 0. The first-order valence-corrected chi connectivity index (χ1v) is 27.7. The first kappa shape index (κ1) is 58.5. The highest BCUT2D eigenvalue weighted by Gasteiger charge is 2.52. The summed E-state index contributed by atoms with van der Waals surface area (Å²) in [6.45, 7) is 5.39. The predicted molar refractivity (Wildman–Crippen MR) is 292 cm³/mol. The van der Waals surface area contributed by atoms with Gasteiger partial charge in [0.05, 0.1) is 78.2 Å². The maximum absolute atomic E-state index is 14.1. The van der Waals surface area contributed by atoms with Crippen LogP contribution in [0.5, 0.6) is 28.7 Å². The van der Waals surface area contributed by atoms with Gasteiger partial charge in [0.15, 0.2) is 41.5 Å². The van der Waals surface area contributed by atoms with Crippen molar-refractivity contribution >= 4 is 34.7 Å². The van der Waals surface area contributed by atoms with E-state index >= 15 is 0 Å². The summed E-state index contributed by atoms with van der Waals surface area (Å²) < 4.78 is 30.5. The van der Waals surface area contributed by atoms with E-state index in [2.05, 4.69) is 10.6 Å². The second-order valence-electron chi connectivity index (χ2n) is 22.9. The van der Waals surface area contributed by atoms with Gasteiger partial charge >= 0.3 is 0 Å². The lowest BCUT2D eigenvalue weighted by atomic mass is 9.71. The molecule has 0 spiro atoms. The molecule has 11 rings (SSSR count). The molecule has 9 unspecified atom stereocenters. The summed E-state index contributed by atoms with van der Waals surface area (Å²) in [5.74, 6) is -7.28. The van der Waals surface area contributed by atoms with E-state index in [-0.39, 0.29) is 81.8 Å². The van der Waals surface area contributed by atoms with Crippen molar-refractivity contribution in [1.29, 1.82) is 0 Å². The standard InChI is InChI=1S/C62H64N2O20/c1-25-51(68)36(16-41(81-25)83-39-20-61(78,27(3)66)18-34-45(39)59(76)49-47(55(34)72)53(70)32-12-7-11-31(24-65)43(32)57(49)74)63-22-29-9-6-10-30(15-29)23-64-37-17-42(82-26(2)52(37)69)84-40-21-62(79,28(4)67)19-35-46(40)60(77)50-48(56(35)73)54(71)33-13-8-14-38(80-5)44(33)58(50)75/h6-15,25-26,36-37,39-42,51-52,63-65,68-69,72-73,76-79H,16-24H2,1-5H3/t25?,26?,36?,37?,39-,40?,41?,42?,51?,52?,61-,62-/m0/s1. The number of hydrogen-bond donors (Lipinski definition) is 11. The third-order valence-electron chi connectivity index (χ3n) is 17.7. The van der Waals surface area contributed by atoms with Gasteiger partial charge in [0, 0.05) is 103 Å². The van der Waals surface area contributed by atoms with Crippen LogP contribution in [0.3, 0.4) is 0 Å². The second kappa shape index (κ2) is 21.9. The van der Waals surface area contributed by atoms with Gasteiger partial charge in [-0.2, -0.15) is 0 Å². The van der Waals surface area contributed by atoms with E-state index in [1.54, 1.807) is 13.8 Å². The maximum Gasteiger partial charge on any atom is 0.202 e. The molecule has 0 bridgehead atoms. The average Bonchev–Trinajstić information content (AvgIpc) is 0.760. The zero-order valence-electron chi connectivity index (χ0n) is 46.4. The van der Waals surface area contributed by atoms with Crippen molar-refractivity contribution in [1.82, 2.24) is 10.6 Å². The fraction of sp³-hybridized carbons (Fsp3) is 0.419. The third kappa shape index (κ3) is 9.68. The van der Waals surface area contributed by atoms with Crippen molar-refractivity contribution in [2.75, 3.05) is 7.11 Å². The minimum Gasteiger partial charge on any atom is -0.507 e. The minimum atomic E-state index is -2.14. The Morgan fingerprint density at radius 1 is 0.595 bits per heavy atom. The Kier molecular flexibility index (Phi) is 15.3. The van der Waals surface area contributed by atoms with Gasteiger partial charge in [0.2, 0.25) is 5.78 Å². The molecule has 2 heterocycles. The van der Waals surface area contributed by atoms with Gasteiger partial charge < -0.3 is 80.3 Å². The highest BCUT2D eigenvalue weighted by Crippen LogP contribution is 2.55. The second-order valence-corrected chi connectivity index (χ2v) is 22.9. The van der Waals surface area contributed by atoms with Crippen LogP contribution in [0.4, 0.5) is 0 Å². The Morgan fingerprint density at radius 3 is 1.45 bits per heavy atom. The summed E-state index contributed by atoms with van der Waals surface area (Å²) in [6, 6.07) is 14.7. The van der Waals surface area contributed by atoms with Crippen molar-refractivity contribution in [3.63, 3.8) is 0 Å². The Morgan fingerprint density at radius 2 is 1.01 bits per heavy atom. The summed E-state index contributed by atoms with van der Waals surface area (Å²) in [6.07, 6.45) is -10.8. The lowest BCUT2D eigenvalue weighted by Gasteiger charge is -2.43. The number of carbonyl (C=O) groups is 6. The smallest absolute Gasteiger partial charge is 0.202 e. The number of phenols is 4. The van der Waals surface area contributed by atoms with Gasteiger partial charge in [-0.3, -0.25) is 28.8 Å². The Bertz CT molecular complexity index is 3390. The van der Waals surface area contributed by atoms with Crippen molar-refractivity contribution < 1.29 is 98.4 Å². The topological polar surface area (TPSA) is 355 Å². The van der Waals surface area contributed by atoms with Crippen molar-refractivity contribution in [2.24, 2.45) is 0 Å². The number of benzene rings is 5. The quantitative estimate of drug-likeness (QED) is 0.0694. The molecule has 0 amide bonds. The van der Waals surface area contributed by atoms with E-state index in [0.29, 0.717) is 0 Å². The third-order valence-corrected chi connectivity index (χ3v) is 17.7. The number of carbonyl (C=O) groups excluding carboxylic acids is 6. The number of methoxy groups -OCH3 is 1. The lowest BCUT2D eigenvalue weighted by Crippen LogP contribution is -2.54. The SMILES string of the molecule is COc1cccc2c1C(=O)c1c(O)c3c(c(O)c1C2=O)C[C@@](O)(C(C)=O)CC3OC1CC(NCc2cccc(CNC3CC(O[C@H]4C[C@](O)(C(C)=O)Cc5c(O)c6c(c(O)c54)C(=O)c4c(CO)cccc4C6=O)OC(C)C3O)c2)C(O)C(C)O1. The summed E-state index contributed by atoms with van der Waals surface area (Å²) in [4.78, 5) is 82.3. The molecule has 2 fully saturated rings. The normalized spacial score (nSPS) is 28.8. The molecule has 5 aromatic carbocycles. The zero-order chi connectivity index (χ0) is 60.2. The molecular weight excluding hydrogens is 1090 g/mol. The van der Waals surface area contributed by atoms with Crippen LogP contribution >= 0.6 is 0 Å². The zero-order valence-corrected chi connectivity index (χ0v) is 46.4. The molecule has 22 heteroatoms. The van der Waals surface area contributed by atoms with Crippen molar-refractivity contribution in [3.05, 3.63) is 144 Å². The molecule has 0 saturated carbocycles. The average molecular weight is 1160 g/mol. The fourth-order valence-corrected chi connectivity index (χ4v) is 13.1. The molecule has 22 nitrogen and oxygen atoms in total. The van der Waals surface area contributed by atoms with E-state index < -0.39 is 185 Å². The summed E-state index contributed by atoms with van der Waals surface area (Å²) in [7, 11) is 1.32.